The zero-order valence-electron chi connectivity index (χ0n) is 6.84. The van der Waals surface area contributed by atoms with Gasteiger partial charge in [0.05, 0.1) is 6.54 Å². The van der Waals surface area contributed by atoms with E-state index in [2.05, 4.69) is 5.73 Å². The van der Waals surface area contributed by atoms with Gasteiger partial charge < -0.3 is 21.1 Å². The Labute approximate surface area is 75.1 Å². The van der Waals surface area contributed by atoms with Crippen LogP contribution in [0.4, 0.5) is 0 Å². The molecule has 0 bridgehead atoms. The average Bonchev–Trinajstić information content (AvgIpc) is 2.11. The summed E-state index contributed by atoms with van der Waals surface area (Å²) in [5, 5.41) is 24.9. The summed E-state index contributed by atoms with van der Waals surface area (Å²) in [6, 6.07) is 6.15. The highest BCUT2D eigenvalue weighted by Gasteiger charge is 1.90. The predicted octanol–water partition coefficient (Wildman–Crippen LogP) is 0.127. The Morgan fingerprint density at radius 3 is 1.69 bits per heavy atom. The van der Waals surface area contributed by atoms with Crippen molar-refractivity contribution in [2.75, 3.05) is 6.54 Å². The van der Waals surface area contributed by atoms with Gasteiger partial charge in [0.25, 0.3) is 0 Å². The molecule has 0 unspecified atom stereocenters. The van der Waals surface area contributed by atoms with Crippen molar-refractivity contribution in [2.24, 2.45) is 5.73 Å². The van der Waals surface area contributed by atoms with Gasteiger partial charge in [-0.25, -0.2) is 0 Å². The molecule has 0 spiro atoms. The lowest BCUT2D eigenvalue weighted by molar-refractivity contribution is -0.135. The second kappa shape index (κ2) is 5.84. The van der Waals surface area contributed by atoms with Crippen LogP contribution in [0, 0.1) is 0 Å². The molecule has 1 aromatic carbocycles. The third-order valence-electron chi connectivity index (χ3n) is 1.06. The highest BCUT2D eigenvalue weighted by Crippen LogP contribution is 2.21. The van der Waals surface area contributed by atoms with Crippen LogP contribution in [0.3, 0.4) is 0 Å². The zero-order chi connectivity index (χ0) is 10.3. The number of benzene rings is 1. The van der Waals surface area contributed by atoms with Gasteiger partial charge in [-0.15, -0.1) is 0 Å². The van der Waals surface area contributed by atoms with Gasteiger partial charge in [-0.1, -0.05) is 12.1 Å². The Morgan fingerprint density at radius 1 is 1.23 bits per heavy atom. The molecule has 0 saturated heterocycles. The average molecular weight is 185 g/mol. The number of carboxylic acids is 1. The van der Waals surface area contributed by atoms with Gasteiger partial charge in [-0.05, 0) is 12.1 Å². The summed E-state index contributed by atoms with van der Waals surface area (Å²) >= 11 is 0. The van der Waals surface area contributed by atoms with Crippen LogP contribution in [0.2, 0.25) is 0 Å². The summed E-state index contributed by atoms with van der Waals surface area (Å²) < 4.78 is 0. The molecule has 0 aliphatic rings. The smallest absolute Gasteiger partial charge is 0.317 e. The van der Waals surface area contributed by atoms with Gasteiger partial charge in [0, 0.05) is 0 Å². The summed E-state index contributed by atoms with van der Waals surface area (Å²) in [5.41, 5.74) is 4.57. The molecule has 72 valence electrons. The maximum absolute atomic E-state index is 9.24. The van der Waals surface area contributed by atoms with E-state index in [0.717, 1.165) is 0 Å². The van der Waals surface area contributed by atoms with Crippen molar-refractivity contribution in [1.82, 2.24) is 0 Å². The summed E-state index contributed by atoms with van der Waals surface area (Å²) in [6.45, 7) is -0.278. The number of hydrogen-bond donors (Lipinski definition) is 4. The lowest BCUT2D eigenvalue weighted by Crippen LogP contribution is -2.10. The molecule has 0 aromatic heterocycles. The standard InChI is InChI=1S/C6H6O2.C2H5NO2/c7-5-3-1-2-4-6(5)8;3-1-2(4)5/h1-4,7-8H;1,3H2,(H,4,5). The van der Waals surface area contributed by atoms with E-state index in [9.17, 15) is 4.79 Å². The van der Waals surface area contributed by atoms with Crippen LogP contribution in [-0.4, -0.2) is 27.8 Å². The van der Waals surface area contributed by atoms with Gasteiger partial charge in [-0.2, -0.15) is 0 Å². The molecule has 0 fully saturated rings. The number of aromatic hydroxyl groups is 2. The lowest BCUT2D eigenvalue weighted by Gasteiger charge is -1.91. The Morgan fingerprint density at radius 2 is 1.54 bits per heavy atom. The second-order valence-electron chi connectivity index (χ2n) is 2.09. The van der Waals surface area contributed by atoms with Crippen LogP contribution in [-0.2, 0) is 4.79 Å². The molecule has 5 N–H and O–H groups in total. The van der Waals surface area contributed by atoms with E-state index in [0.29, 0.717) is 0 Å². The number of phenolic OH excluding ortho intramolecular Hbond substituents is 2. The molecule has 5 heteroatoms. The number of rotatable bonds is 1. The molecule has 0 saturated carbocycles. The molecule has 0 aliphatic carbocycles. The number of aliphatic carboxylic acids is 1. The normalized spacial score (nSPS) is 8.38. The zero-order valence-corrected chi connectivity index (χ0v) is 6.84. The molecular formula is C8H11NO4. The van der Waals surface area contributed by atoms with E-state index in [1.54, 1.807) is 12.1 Å². The number of carbonyl (C=O) groups is 1. The van der Waals surface area contributed by atoms with E-state index in [4.69, 9.17) is 15.3 Å². The van der Waals surface area contributed by atoms with Crippen LogP contribution < -0.4 is 5.73 Å². The van der Waals surface area contributed by atoms with E-state index < -0.39 is 5.97 Å². The third-order valence-corrected chi connectivity index (χ3v) is 1.06. The first-order chi connectivity index (χ1) is 6.07. The first-order valence-corrected chi connectivity index (χ1v) is 3.46. The van der Waals surface area contributed by atoms with Crippen molar-refractivity contribution in [3.05, 3.63) is 24.3 Å². The third kappa shape index (κ3) is 5.51. The van der Waals surface area contributed by atoms with E-state index in [1.165, 1.54) is 12.1 Å². The van der Waals surface area contributed by atoms with Crippen molar-refractivity contribution in [2.45, 2.75) is 0 Å². The molecule has 1 rings (SSSR count). The minimum Gasteiger partial charge on any atom is -0.504 e. The fourth-order valence-electron chi connectivity index (χ4n) is 0.464. The number of para-hydroxylation sites is 2. The van der Waals surface area contributed by atoms with Crippen molar-refractivity contribution >= 4 is 5.97 Å². The van der Waals surface area contributed by atoms with Gasteiger partial charge >= 0.3 is 5.97 Å². The summed E-state index contributed by atoms with van der Waals surface area (Å²) in [5.74, 6) is -1.12. The van der Waals surface area contributed by atoms with Crippen molar-refractivity contribution in [3.63, 3.8) is 0 Å². The fourth-order valence-corrected chi connectivity index (χ4v) is 0.464. The van der Waals surface area contributed by atoms with Gasteiger partial charge in [0.1, 0.15) is 0 Å². The summed E-state index contributed by atoms with van der Waals surface area (Å²) in [7, 11) is 0. The van der Waals surface area contributed by atoms with Crippen molar-refractivity contribution in [1.29, 1.82) is 0 Å². The lowest BCUT2D eigenvalue weighted by atomic mass is 10.3. The molecule has 1 aromatic rings. The number of hydrogen-bond acceptors (Lipinski definition) is 4. The molecule has 0 amide bonds. The monoisotopic (exact) mass is 185 g/mol. The maximum atomic E-state index is 9.24. The summed E-state index contributed by atoms with van der Waals surface area (Å²) in [6.07, 6.45) is 0. The van der Waals surface area contributed by atoms with Crippen LogP contribution in [0.5, 0.6) is 11.5 Å². The quantitative estimate of drug-likeness (QED) is 0.465. The highest BCUT2D eigenvalue weighted by atomic mass is 16.4. The van der Waals surface area contributed by atoms with Crippen molar-refractivity contribution in [3.8, 4) is 11.5 Å². The molecule has 13 heavy (non-hydrogen) atoms. The number of carboxylic acid groups (broad SMARTS) is 1. The highest BCUT2D eigenvalue weighted by molar-refractivity contribution is 5.68. The minimum absolute atomic E-state index is 0.0764. The Bertz CT molecular complexity index is 254. The van der Waals surface area contributed by atoms with Crippen LogP contribution in [0.15, 0.2) is 24.3 Å². The predicted molar refractivity (Wildman–Crippen MR) is 46.5 cm³/mol. The van der Waals surface area contributed by atoms with E-state index in [-0.39, 0.29) is 18.0 Å². The van der Waals surface area contributed by atoms with Gasteiger partial charge in [-0.3, -0.25) is 4.79 Å². The van der Waals surface area contributed by atoms with Crippen LogP contribution in [0.25, 0.3) is 0 Å². The number of phenols is 2. The SMILES string of the molecule is NCC(=O)O.Oc1ccccc1O. The molecule has 0 atom stereocenters. The first-order valence-electron chi connectivity index (χ1n) is 3.46. The van der Waals surface area contributed by atoms with E-state index in [1.807, 2.05) is 0 Å². The van der Waals surface area contributed by atoms with Gasteiger partial charge in [0.2, 0.25) is 0 Å². The second-order valence-corrected chi connectivity index (χ2v) is 2.09. The Kier molecular flexibility index (Phi) is 5.06. The molecule has 5 nitrogen and oxygen atoms in total. The van der Waals surface area contributed by atoms with Crippen molar-refractivity contribution < 1.29 is 20.1 Å². The number of nitrogens with two attached hydrogens (primary N) is 1. The molecule has 0 aliphatic heterocycles. The topological polar surface area (TPSA) is 104 Å². The molecule has 0 heterocycles. The molecular weight excluding hydrogens is 174 g/mol. The summed E-state index contributed by atoms with van der Waals surface area (Å²) in [4.78, 5) is 9.24. The van der Waals surface area contributed by atoms with Crippen LogP contribution >= 0.6 is 0 Å². The first kappa shape index (κ1) is 11.2. The minimum atomic E-state index is -0.968. The van der Waals surface area contributed by atoms with Gasteiger partial charge in [0.15, 0.2) is 11.5 Å². The fraction of sp³-hybridized carbons (Fsp3) is 0.125. The molecule has 0 radical (unpaired) electrons. The Hall–Kier alpha value is -1.75. The van der Waals surface area contributed by atoms with Crippen LogP contribution in [0.1, 0.15) is 0 Å². The maximum Gasteiger partial charge on any atom is 0.317 e. The largest absolute Gasteiger partial charge is 0.504 e. The van der Waals surface area contributed by atoms with E-state index >= 15 is 0 Å². The Balaban J connectivity index is 0.000000252.